The van der Waals surface area contributed by atoms with Crippen LogP contribution in [0.3, 0.4) is 0 Å². The van der Waals surface area contributed by atoms with Gasteiger partial charge in [-0.1, -0.05) is 53.2 Å². The van der Waals surface area contributed by atoms with Crippen LogP contribution in [0.1, 0.15) is 41.0 Å². The van der Waals surface area contributed by atoms with Crippen molar-refractivity contribution >= 4 is 7.28 Å². The van der Waals surface area contributed by atoms with E-state index in [-0.39, 0.29) is 0 Å². The van der Waals surface area contributed by atoms with Crippen molar-refractivity contribution in [2.24, 2.45) is 10.8 Å². The summed E-state index contributed by atoms with van der Waals surface area (Å²) in [7, 11) is 2.51. The standard InChI is InChI=1S/C10H20B/c1-9(2,3)8-6-10(4,5)7-11-8/h8H,6-7H2,1-5H3. The zero-order valence-electron chi connectivity index (χ0n) is 8.57. The molecule has 0 aromatic rings. The first-order chi connectivity index (χ1) is 4.81. The van der Waals surface area contributed by atoms with Crippen LogP contribution in [0.15, 0.2) is 0 Å². The molecule has 1 atom stereocenters. The van der Waals surface area contributed by atoms with Gasteiger partial charge in [-0.3, -0.25) is 0 Å². The molecule has 1 unspecified atom stereocenters. The molecular weight excluding hydrogens is 131 g/mol. The molecule has 11 heavy (non-hydrogen) atoms. The fourth-order valence-electron chi connectivity index (χ4n) is 1.88. The van der Waals surface area contributed by atoms with Crippen LogP contribution in [0.4, 0.5) is 0 Å². The molecule has 0 bridgehead atoms. The quantitative estimate of drug-likeness (QED) is 0.465. The van der Waals surface area contributed by atoms with E-state index in [0.29, 0.717) is 10.8 Å². The molecule has 1 heteroatoms. The third kappa shape index (κ3) is 2.25. The Hall–Kier alpha value is 0.0649. The summed E-state index contributed by atoms with van der Waals surface area (Å²) in [6.07, 6.45) is 2.67. The molecule has 0 aliphatic carbocycles. The molecule has 1 fully saturated rings. The normalized spacial score (nSPS) is 30.1. The second-order valence-electron chi connectivity index (χ2n) is 5.78. The summed E-state index contributed by atoms with van der Waals surface area (Å²) in [5.74, 6) is 0.831. The highest BCUT2D eigenvalue weighted by atomic mass is 14.3. The average molecular weight is 151 g/mol. The minimum Gasteiger partial charge on any atom is -0.0749 e. The van der Waals surface area contributed by atoms with Gasteiger partial charge >= 0.3 is 0 Å². The summed E-state index contributed by atoms with van der Waals surface area (Å²) in [6, 6.07) is 0. The highest BCUT2D eigenvalue weighted by molar-refractivity contribution is 6.39. The first-order valence-corrected chi connectivity index (χ1v) is 4.65. The van der Waals surface area contributed by atoms with Gasteiger partial charge in [-0.05, 0) is 10.8 Å². The van der Waals surface area contributed by atoms with E-state index in [2.05, 4.69) is 41.9 Å². The van der Waals surface area contributed by atoms with E-state index in [0.717, 1.165) is 5.82 Å². The van der Waals surface area contributed by atoms with Gasteiger partial charge in [0.2, 0.25) is 0 Å². The van der Waals surface area contributed by atoms with Gasteiger partial charge in [0.25, 0.3) is 0 Å². The van der Waals surface area contributed by atoms with Crippen LogP contribution in [0, 0.1) is 10.8 Å². The maximum absolute atomic E-state index is 2.51. The molecule has 0 N–H and O–H groups in total. The minimum absolute atomic E-state index is 0.480. The van der Waals surface area contributed by atoms with E-state index in [9.17, 15) is 0 Å². The van der Waals surface area contributed by atoms with Gasteiger partial charge in [0.05, 0.1) is 0 Å². The Bertz CT molecular complexity index is 141. The molecule has 1 aliphatic heterocycles. The van der Waals surface area contributed by atoms with E-state index in [1.54, 1.807) is 0 Å². The Labute approximate surface area is 72.0 Å². The van der Waals surface area contributed by atoms with E-state index in [4.69, 9.17) is 0 Å². The summed E-state index contributed by atoms with van der Waals surface area (Å²) >= 11 is 0. The third-order valence-corrected chi connectivity index (χ3v) is 2.84. The topological polar surface area (TPSA) is 0 Å². The summed E-state index contributed by atoms with van der Waals surface area (Å²) in [5.41, 5.74) is 1.05. The molecule has 0 amide bonds. The number of hydrogen-bond acceptors (Lipinski definition) is 0. The molecule has 0 aromatic heterocycles. The smallest absolute Gasteiger partial charge is 0.0749 e. The van der Waals surface area contributed by atoms with Crippen LogP contribution in [0.2, 0.25) is 12.1 Å². The molecule has 1 saturated heterocycles. The zero-order chi connectivity index (χ0) is 8.70. The maximum atomic E-state index is 2.51. The highest BCUT2D eigenvalue weighted by Crippen LogP contribution is 2.48. The first-order valence-electron chi connectivity index (χ1n) is 4.65. The van der Waals surface area contributed by atoms with Gasteiger partial charge in [0, 0.05) is 0 Å². The van der Waals surface area contributed by atoms with Crippen molar-refractivity contribution in [3.8, 4) is 0 Å². The maximum Gasteiger partial charge on any atom is 0.115 e. The van der Waals surface area contributed by atoms with Crippen LogP contribution in [0.25, 0.3) is 0 Å². The highest BCUT2D eigenvalue weighted by Gasteiger charge is 2.37. The van der Waals surface area contributed by atoms with Crippen LogP contribution < -0.4 is 0 Å². The van der Waals surface area contributed by atoms with E-state index >= 15 is 0 Å². The molecule has 0 nitrogen and oxygen atoms in total. The lowest BCUT2D eigenvalue weighted by atomic mass is 9.57. The van der Waals surface area contributed by atoms with Crippen molar-refractivity contribution in [1.82, 2.24) is 0 Å². The van der Waals surface area contributed by atoms with Gasteiger partial charge < -0.3 is 0 Å². The molecule has 63 valence electrons. The summed E-state index contributed by atoms with van der Waals surface area (Å²) in [4.78, 5) is 0. The third-order valence-electron chi connectivity index (χ3n) is 2.84. The lowest BCUT2D eigenvalue weighted by Crippen LogP contribution is -2.16. The fourth-order valence-corrected chi connectivity index (χ4v) is 1.88. The Morgan fingerprint density at radius 2 is 1.82 bits per heavy atom. The molecule has 1 heterocycles. The van der Waals surface area contributed by atoms with Crippen LogP contribution in [-0.4, -0.2) is 7.28 Å². The Balaban J connectivity index is 2.55. The monoisotopic (exact) mass is 151 g/mol. The predicted octanol–water partition coefficient (Wildman–Crippen LogP) is 3.37. The van der Waals surface area contributed by atoms with E-state index in [1.807, 2.05) is 0 Å². The summed E-state index contributed by atoms with van der Waals surface area (Å²) in [5, 5.41) is 0. The van der Waals surface area contributed by atoms with Crippen LogP contribution in [0.5, 0.6) is 0 Å². The number of hydrogen-bond donors (Lipinski definition) is 0. The zero-order valence-corrected chi connectivity index (χ0v) is 8.57. The molecule has 0 spiro atoms. The van der Waals surface area contributed by atoms with Gasteiger partial charge in [0.1, 0.15) is 7.28 Å². The average Bonchev–Trinajstić information content (AvgIpc) is 2.07. The fraction of sp³-hybridized carbons (Fsp3) is 1.00. The van der Waals surface area contributed by atoms with E-state index < -0.39 is 0 Å². The van der Waals surface area contributed by atoms with Crippen molar-refractivity contribution in [3.63, 3.8) is 0 Å². The van der Waals surface area contributed by atoms with Crippen molar-refractivity contribution in [2.75, 3.05) is 0 Å². The van der Waals surface area contributed by atoms with Crippen molar-refractivity contribution in [1.29, 1.82) is 0 Å². The first kappa shape index (κ1) is 9.16. The Kier molecular flexibility index (Phi) is 2.11. The van der Waals surface area contributed by atoms with Gasteiger partial charge in [-0.2, -0.15) is 0 Å². The molecule has 1 radical (unpaired) electrons. The van der Waals surface area contributed by atoms with Gasteiger partial charge in [0.15, 0.2) is 0 Å². The molecule has 0 saturated carbocycles. The van der Waals surface area contributed by atoms with Crippen molar-refractivity contribution in [2.45, 2.75) is 53.2 Å². The molecule has 1 aliphatic rings. The summed E-state index contributed by atoms with van der Waals surface area (Å²) < 4.78 is 0. The SMILES string of the molecule is CC1(C)C[B]C(C(C)(C)C)C1. The molecule has 1 rings (SSSR count). The van der Waals surface area contributed by atoms with E-state index in [1.165, 1.54) is 12.7 Å². The number of rotatable bonds is 0. The lowest BCUT2D eigenvalue weighted by molar-refractivity contribution is 0.303. The second kappa shape index (κ2) is 2.53. The molecular formula is C10H20B. The molecule has 0 aromatic carbocycles. The van der Waals surface area contributed by atoms with Gasteiger partial charge in [-0.25, -0.2) is 0 Å². The Morgan fingerprint density at radius 1 is 1.27 bits per heavy atom. The van der Waals surface area contributed by atoms with Crippen LogP contribution in [-0.2, 0) is 0 Å². The van der Waals surface area contributed by atoms with Crippen LogP contribution >= 0.6 is 0 Å². The van der Waals surface area contributed by atoms with Crippen molar-refractivity contribution in [3.05, 3.63) is 0 Å². The largest absolute Gasteiger partial charge is 0.115 e. The predicted molar refractivity (Wildman–Crippen MR) is 52.2 cm³/mol. The minimum atomic E-state index is 0.480. The van der Waals surface area contributed by atoms with Gasteiger partial charge in [-0.15, -0.1) is 0 Å². The Morgan fingerprint density at radius 3 is 2.00 bits per heavy atom. The van der Waals surface area contributed by atoms with Crippen molar-refractivity contribution < 1.29 is 0 Å². The second-order valence-corrected chi connectivity index (χ2v) is 5.78. The lowest BCUT2D eigenvalue weighted by Gasteiger charge is -2.28. The summed E-state index contributed by atoms with van der Waals surface area (Å²) in [6.45, 7) is 11.8.